The summed E-state index contributed by atoms with van der Waals surface area (Å²) in [6.07, 6.45) is -0.316. The van der Waals surface area contributed by atoms with Crippen molar-refractivity contribution in [2.24, 2.45) is 0 Å². The first kappa shape index (κ1) is 15.6. The topological polar surface area (TPSA) is 68.3 Å². The monoisotopic (exact) mass is 292 g/mol. The second-order valence-electron chi connectivity index (χ2n) is 4.48. The molecule has 1 aromatic rings. The van der Waals surface area contributed by atoms with E-state index >= 15 is 0 Å². The number of aromatic nitrogens is 1. The second kappa shape index (κ2) is 6.60. The van der Waals surface area contributed by atoms with Crippen LogP contribution in [0.2, 0.25) is 0 Å². The molecule has 104 valence electrons. The van der Waals surface area contributed by atoms with Crippen LogP contribution < -0.4 is 4.72 Å². The van der Waals surface area contributed by atoms with Gasteiger partial charge < -0.3 is 4.74 Å². The van der Waals surface area contributed by atoms with Crippen molar-refractivity contribution in [3.63, 3.8) is 0 Å². The number of hydrogen-bond donors (Lipinski definition) is 1. The minimum atomic E-state index is -3.31. The molecule has 5 nitrogen and oxygen atoms in total. The molecule has 1 atom stereocenters. The van der Waals surface area contributed by atoms with Crippen LogP contribution in [0.25, 0.3) is 0 Å². The van der Waals surface area contributed by atoms with E-state index in [1.807, 2.05) is 5.38 Å². The highest BCUT2D eigenvalue weighted by Crippen LogP contribution is 2.19. The number of methoxy groups -OCH3 is 1. The molecule has 0 aliphatic heterocycles. The first-order chi connectivity index (χ1) is 8.34. The Bertz CT molecular complexity index is 468. The highest BCUT2D eigenvalue weighted by molar-refractivity contribution is 7.89. The van der Waals surface area contributed by atoms with Gasteiger partial charge in [0.05, 0.1) is 29.1 Å². The van der Waals surface area contributed by atoms with Gasteiger partial charge in [-0.15, -0.1) is 11.3 Å². The fraction of sp³-hybridized carbons (Fsp3) is 0.727. The Morgan fingerprint density at radius 2 is 2.11 bits per heavy atom. The third-order valence-corrected chi connectivity index (χ3v) is 5.08. The molecule has 1 aromatic heterocycles. The second-order valence-corrected chi connectivity index (χ2v) is 7.22. The van der Waals surface area contributed by atoms with Crippen molar-refractivity contribution < 1.29 is 13.2 Å². The summed E-state index contributed by atoms with van der Waals surface area (Å²) in [5.41, 5.74) is 0.761. The smallest absolute Gasteiger partial charge is 0.214 e. The van der Waals surface area contributed by atoms with E-state index in [1.165, 1.54) is 7.11 Å². The summed E-state index contributed by atoms with van der Waals surface area (Å²) in [5, 5.41) is 2.91. The van der Waals surface area contributed by atoms with Gasteiger partial charge in [-0.05, 0) is 6.92 Å². The molecule has 0 fully saturated rings. The molecule has 0 aliphatic rings. The first-order valence-corrected chi connectivity index (χ1v) is 8.31. The summed E-state index contributed by atoms with van der Waals surface area (Å²) < 4.78 is 30.9. The zero-order valence-corrected chi connectivity index (χ0v) is 12.8. The van der Waals surface area contributed by atoms with Gasteiger partial charge >= 0.3 is 0 Å². The number of hydrogen-bond acceptors (Lipinski definition) is 5. The lowest BCUT2D eigenvalue weighted by Crippen LogP contribution is -2.31. The SMILES string of the molecule is CO[C@H](C)CS(=O)(=O)NCc1csc(C(C)C)n1. The maximum absolute atomic E-state index is 11.7. The van der Waals surface area contributed by atoms with Gasteiger partial charge in [0.15, 0.2) is 0 Å². The van der Waals surface area contributed by atoms with Gasteiger partial charge in [-0.25, -0.2) is 18.1 Å². The molecule has 0 saturated heterocycles. The van der Waals surface area contributed by atoms with E-state index in [9.17, 15) is 8.42 Å². The van der Waals surface area contributed by atoms with E-state index in [0.29, 0.717) is 5.92 Å². The molecule has 18 heavy (non-hydrogen) atoms. The average molecular weight is 292 g/mol. The van der Waals surface area contributed by atoms with Crippen LogP contribution in [-0.4, -0.2) is 32.4 Å². The van der Waals surface area contributed by atoms with Crippen LogP contribution in [0.4, 0.5) is 0 Å². The molecular formula is C11H20N2O3S2. The summed E-state index contributed by atoms with van der Waals surface area (Å²) >= 11 is 1.56. The summed E-state index contributed by atoms with van der Waals surface area (Å²) in [6.45, 7) is 6.08. The van der Waals surface area contributed by atoms with E-state index in [1.54, 1.807) is 18.3 Å². The maximum atomic E-state index is 11.7. The molecule has 0 aromatic carbocycles. The summed E-state index contributed by atoms with van der Waals surface area (Å²) in [4.78, 5) is 4.37. The van der Waals surface area contributed by atoms with Gasteiger partial charge in [-0.3, -0.25) is 0 Å². The van der Waals surface area contributed by atoms with Crippen LogP contribution in [0.1, 0.15) is 37.4 Å². The van der Waals surface area contributed by atoms with E-state index in [0.717, 1.165) is 10.7 Å². The summed E-state index contributed by atoms with van der Waals surface area (Å²) in [6, 6.07) is 0. The molecule has 0 saturated carbocycles. The summed E-state index contributed by atoms with van der Waals surface area (Å²) in [5.74, 6) is 0.332. The molecule has 0 unspecified atom stereocenters. The Balaban J connectivity index is 2.53. The molecule has 0 aliphatic carbocycles. The van der Waals surface area contributed by atoms with Crippen LogP contribution in [0.5, 0.6) is 0 Å². The summed E-state index contributed by atoms with van der Waals surface area (Å²) in [7, 11) is -1.82. The number of rotatable bonds is 7. The predicted molar refractivity (Wildman–Crippen MR) is 73.3 cm³/mol. The molecule has 7 heteroatoms. The highest BCUT2D eigenvalue weighted by atomic mass is 32.2. The van der Waals surface area contributed by atoms with Crippen molar-refractivity contribution in [1.82, 2.24) is 9.71 Å². The molecule has 0 amide bonds. The molecular weight excluding hydrogens is 272 g/mol. The molecule has 1 rings (SSSR count). The van der Waals surface area contributed by atoms with Crippen molar-refractivity contribution >= 4 is 21.4 Å². The Morgan fingerprint density at radius 3 is 2.61 bits per heavy atom. The van der Waals surface area contributed by atoms with E-state index in [-0.39, 0.29) is 18.4 Å². The van der Waals surface area contributed by atoms with Crippen LogP contribution in [-0.2, 0) is 21.3 Å². The van der Waals surface area contributed by atoms with Crippen molar-refractivity contribution in [3.8, 4) is 0 Å². The molecule has 1 heterocycles. The number of sulfonamides is 1. The van der Waals surface area contributed by atoms with Crippen molar-refractivity contribution in [1.29, 1.82) is 0 Å². The fourth-order valence-corrected chi connectivity index (χ4v) is 3.36. The quantitative estimate of drug-likeness (QED) is 0.831. The van der Waals surface area contributed by atoms with Crippen LogP contribution in [0, 0.1) is 0 Å². The maximum Gasteiger partial charge on any atom is 0.214 e. The average Bonchev–Trinajstić information content (AvgIpc) is 2.74. The van der Waals surface area contributed by atoms with Gasteiger partial charge in [0.2, 0.25) is 10.0 Å². The lowest BCUT2D eigenvalue weighted by Gasteiger charge is -2.10. The van der Waals surface area contributed by atoms with Gasteiger partial charge in [0.1, 0.15) is 0 Å². The lowest BCUT2D eigenvalue weighted by atomic mass is 10.2. The van der Waals surface area contributed by atoms with E-state index < -0.39 is 10.0 Å². The fourth-order valence-electron chi connectivity index (χ4n) is 1.29. The zero-order valence-electron chi connectivity index (χ0n) is 11.1. The Kier molecular flexibility index (Phi) is 5.71. The lowest BCUT2D eigenvalue weighted by molar-refractivity contribution is 0.136. The minimum absolute atomic E-state index is 0.0370. The Labute approximate surface area is 113 Å². The van der Waals surface area contributed by atoms with E-state index in [2.05, 4.69) is 23.6 Å². The Hall–Kier alpha value is -0.500. The number of ether oxygens (including phenoxy) is 1. The standard InChI is InChI=1S/C11H20N2O3S2/c1-8(2)11-13-10(6-17-11)5-12-18(14,15)7-9(3)16-4/h6,8-9,12H,5,7H2,1-4H3/t9-/m1/s1. The third-order valence-electron chi connectivity index (χ3n) is 2.39. The predicted octanol–water partition coefficient (Wildman–Crippen LogP) is 1.72. The molecule has 0 spiro atoms. The van der Waals surface area contributed by atoms with Crippen molar-refractivity contribution in [2.75, 3.05) is 12.9 Å². The molecule has 1 N–H and O–H groups in total. The van der Waals surface area contributed by atoms with Crippen LogP contribution >= 0.6 is 11.3 Å². The normalized spacial score (nSPS) is 14.1. The van der Waals surface area contributed by atoms with Crippen molar-refractivity contribution in [2.45, 2.75) is 39.3 Å². The Morgan fingerprint density at radius 1 is 1.44 bits per heavy atom. The number of thiazole rings is 1. The third kappa shape index (κ3) is 5.01. The molecule has 0 radical (unpaired) electrons. The van der Waals surface area contributed by atoms with E-state index in [4.69, 9.17) is 4.74 Å². The van der Waals surface area contributed by atoms with Gasteiger partial charge in [-0.1, -0.05) is 13.8 Å². The minimum Gasteiger partial charge on any atom is -0.381 e. The highest BCUT2D eigenvalue weighted by Gasteiger charge is 2.15. The van der Waals surface area contributed by atoms with Crippen LogP contribution in [0.3, 0.4) is 0 Å². The first-order valence-electron chi connectivity index (χ1n) is 5.78. The number of nitrogens with one attached hydrogen (secondary N) is 1. The largest absolute Gasteiger partial charge is 0.381 e. The van der Waals surface area contributed by atoms with Gasteiger partial charge in [0.25, 0.3) is 0 Å². The van der Waals surface area contributed by atoms with Crippen LogP contribution in [0.15, 0.2) is 5.38 Å². The molecule has 0 bridgehead atoms. The van der Waals surface area contributed by atoms with Gasteiger partial charge in [-0.2, -0.15) is 0 Å². The van der Waals surface area contributed by atoms with Crippen molar-refractivity contribution in [3.05, 3.63) is 16.1 Å². The number of nitrogens with zero attached hydrogens (tertiary/aromatic N) is 1. The van der Waals surface area contributed by atoms with Gasteiger partial charge in [0, 0.05) is 18.4 Å². The zero-order chi connectivity index (χ0) is 13.8.